The van der Waals surface area contributed by atoms with Gasteiger partial charge in [-0.05, 0) is 0 Å². The van der Waals surface area contributed by atoms with Crippen LogP contribution in [-0.2, 0) is 13.7 Å². The molecule has 0 bridgehead atoms. The molecule has 0 spiro atoms. The maximum Gasteiger partial charge on any atom is 0.470 e. The number of phosphoric acid groups is 2. The zero-order valence-electron chi connectivity index (χ0n) is 5.44. The summed E-state index contributed by atoms with van der Waals surface area (Å²) in [6, 6.07) is -0.482. The van der Waals surface area contributed by atoms with Crippen LogP contribution in [0, 0.1) is 0 Å². The Balaban J connectivity index is 0. The highest BCUT2D eigenvalue weighted by atomic mass is 35.5. The van der Waals surface area contributed by atoms with E-state index < -0.39 is 21.7 Å². The predicted octanol–water partition coefficient (Wildman–Crippen LogP) is -0.637. The van der Waals surface area contributed by atoms with Gasteiger partial charge >= 0.3 is 15.6 Å². The first-order chi connectivity index (χ1) is 5.06. The minimum atomic E-state index is -4.64. The number of hydrogen-bond donors (Lipinski definition) is 5. The lowest BCUT2D eigenvalue weighted by Gasteiger charge is -1.96. The van der Waals surface area contributed by atoms with Crippen LogP contribution in [-0.4, -0.2) is 30.5 Å². The molecule has 76 valence electrons. The lowest BCUT2D eigenvalue weighted by molar-refractivity contribution is 0.225. The first-order valence-corrected chi connectivity index (χ1v) is 5.73. The molecule has 0 aromatic heterocycles. The SMILES string of the molecule is O=P(O)(O)O.O=P(O)(O)OCCl. The van der Waals surface area contributed by atoms with Crippen LogP contribution in [0.3, 0.4) is 0 Å². The van der Waals surface area contributed by atoms with Crippen LogP contribution in [0.2, 0.25) is 0 Å². The monoisotopic (exact) mass is 244 g/mol. The molecule has 0 atom stereocenters. The van der Waals surface area contributed by atoms with Crippen LogP contribution in [0.1, 0.15) is 0 Å². The van der Waals surface area contributed by atoms with E-state index in [0.29, 0.717) is 0 Å². The fourth-order valence-corrected chi connectivity index (χ4v) is 0.572. The Hall–Kier alpha value is 0.510. The van der Waals surface area contributed by atoms with Crippen molar-refractivity contribution in [2.24, 2.45) is 0 Å². The molecule has 0 aliphatic rings. The Bertz CT molecular complexity index is 181. The summed E-state index contributed by atoms with van der Waals surface area (Å²) in [6.45, 7) is 0. The number of rotatable bonds is 2. The van der Waals surface area contributed by atoms with Gasteiger partial charge in [-0.25, -0.2) is 9.13 Å². The van der Waals surface area contributed by atoms with Crippen molar-refractivity contribution in [3.8, 4) is 0 Å². The summed E-state index contributed by atoms with van der Waals surface area (Å²) < 4.78 is 22.2. The highest BCUT2D eigenvalue weighted by molar-refractivity contribution is 7.46. The van der Waals surface area contributed by atoms with Gasteiger partial charge in [0.05, 0.1) is 0 Å². The summed E-state index contributed by atoms with van der Waals surface area (Å²) in [6.07, 6.45) is 0. The number of alkyl halides is 1. The van der Waals surface area contributed by atoms with E-state index in [9.17, 15) is 4.57 Å². The van der Waals surface area contributed by atoms with Gasteiger partial charge < -0.3 is 24.5 Å². The molecular formula is CH7ClO8P2. The molecule has 0 rings (SSSR count). The largest absolute Gasteiger partial charge is 0.470 e. The Morgan fingerprint density at radius 1 is 1.08 bits per heavy atom. The molecule has 0 aliphatic carbocycles. The first-order valence-electron chi connectivity index (χ1n) is 2.10. The van der Waals surface area contributed by atoms with Crippen molar-refractivity contribution < 1.29 is 38.1 Å². The Morgan fingerprint density at radius 2 is 1.33 bits per heavy atom. The summed E-state index contributed by atoms with van der Waals surface area (Å²) in [7, 11) is -8.94. The molecule has 0 radical (unpaired) electrons. The van der Waals surface area contributed by atoms with Crippen molar-refractivity contribution in [3.05, 3.63) is 0 Å². The molecule has 0 saturated carbocycles. The lowest BCUT2D eigenvalue weighted by Crippen LogP contribution is -1.82. The lowest BCUT2D eigenvalue weighted by atomic mass is 11.7. The Morgan fingerprint density at radius 3 is 1.33 bits per heavy atom. The van der Waals surface area contributed by atoms with Crippen LogP contribution in [0.4, 0.5) is 0 Å². The second kappa shape index (κ2) is 6.04. The molecule has 0 aliphatic heterocycles. The maximum absolute atomic E-state index is 9.62. The van der Waals surface area contributed by atoms with Crippen LogP contribution < -0.4 is 0 Å². The van der Waals surface area contributed by atoms with Crippen LogP contribution >= 0.6 is 27.2 Å². The highest BCUT2D eigenvalue weighted by Gasteiger charge is 2.10. The molecule has 0 heterocycles. The van der Waals surface area contributed by atoms with Gasteiger partial charge in [0.2, 0.25) is 0 Å². The van der Waals surface area contributed by atoms with Crippen molar-refractivity contribution in [2.45, 2.75) is 0 Å². The van der Waals surface area contributed by atoms with Crippen LogP contribution in [0.5, 0.6) is 0 Å². The van der Waals surface area contributed by atoms with E-state index in [4.69, 9.17) is 40.6 Å². The van der Waals surface area contributed by atoms with Gasteiger partial charge in [0.15, 0.2) is 0 Å². The predicted molar refractivity (Wildman–Crippen MR) is 38.1 cm³/mol. The van der Waals surface area contributed by atoms with Gasteiger partial charge in [0.25, 0.3) is 0 Å². The molecule has 11 heteroatoms. The number of hydrogen-bond acceptors (Lipinski definition) is 3. The van der Waals surface area contributed by atoms with E-state index in [0.717, 1.165) is 0 Å². The Kier molecular flexibility index (Phi) is 7.55. The van der Waals surface area contributed by atoms with Gasteiger partial charge in [-0.2, -0.15) is 0 Å². The zero-order valence-corrected chi connectivity index (χ0v) is 7.99. The topological polar surface area (TPSA) is 145 Å². The van der Waals surface area contributed by atoms with E-state index in [1.165, 1.54) is 0 Å². The van der Waals surface area contributed by atoms with Crippen LogP contribution in [0.15, 0.2) is 0 Å². The molecule has 0 aromatic carbocycles. The third kappa shape index (κ3) is 46.7. The minimum Gasteiger partial charge on any atom is -0.303 e. The van der Waals surface area contributed by atoms with Crippen molar-refractivity contribution >= 4 is 27.2 Å². The molecule has 12 heavy (non-hydrogen) atoms. The molecule has 8 nitrogen and oxygen atoms in total. The minimum absolute atomic E-state index is 0.482. The highest BCUT2D eigenvalue weighted by Crippen LogP contribution is 2.35. The second-order valence-electron chi connectivity index (χ2n) is 1.24. The van der Waals surface area contributed by atoms with Crippen LogP contribution in [0.25, 0.3) is 0 Å². The van der Waals surface area contributed by atoms with Gasteiger partial charge in [0.1, 0.15) is 6.07 Å². The number of phosphoric ester groups is 1. The molecule has 0 aromatic rings. The van der Waals surface area contributed by atoms with Gasteiger partial charge in [-0.15, -0.1) is 0 Å². The standard InChI is InChI=1S/CH4ClO4P.H3O4P/c2-1-6-7(3,4)5;1-5(2,3)4/h1H2,(H2,3,4,5);(H3,1,2,3,4). The summed E-state index contributed by atoms with van der Waals surface area (Å²) in [5.74, 6) is 0. The first kappa shape index (κ1) is 15.0. The summed E-state index contributed by atoms with van der Waals surface area (Å²) in [4.78, 5) is 37.2. The molecule has 0 saturated heterocycles. The van der Waals surface area contributed by atoms with Crippen molar-refractivity contribution in [2.75, 3.05) is 6.07 Å². The fraction of sp³-hybridized carbons (Fsp3) is 1.00. The third-order valence-electron chi connectivity index (χ3n) is 0.217. The van der Waals surface area contributed by atoms with E-state index in [1.807, 2.05) is 0 Å². The van der Waals surface area contributed by atoms with Crippen molar-refractivity contribution in [3.63, 3.8) is 0 Å². The van der Waals surface area contributed by atoms with E-state index in [1.54, 1.807) is 0 Å². The van der Waals surface area contributed by atoms with Crippen molar-refractivity contribution in [1.82, 2.24) is 0 Å². The van der Waals surface area contributed by atoms with E-state index >= 15 is 0 Å². The number of halogens is 1. The average molecular weight is 244 g/mol. The fourth-order valence-electron chi connectivity index (χ4n) is 0.0636. The van der Waals surface area contributed by atoms with Crippen molar-refractivity contribution in [1.29, 1.82) is 0 Å². The molecule has 0 amide bonds. The average Bonchev–Trinajstić information content (AvgIpc) is 1.54. The maximum atomic E-state index is 9.62. The van der Waals surface area contributed by atoms with E-state index in [-0.39, 0.29) is 0 Å². The summed E-state index contributed by atoms with van der Waals surface area (Å²) in [5.41, 5.74) is 0. The summed E-state index contributed by atoms with van der Waals surface area (Å²) >= 11 is 4.77. The third-order valence-corrected chi connectivity index (χ3v) is 0.944. The van der Waals surface area contributed by atoms with Gasteiger partial charge in [0, 0.05) is 0 Å². The molecule has 5 N–H and O–H groups in total. The molecule has 0 unspecified atom stereocenters. The van der Waals surface area contributed by atoms with Gasteiger partial charge in [-0.1, -0.05) is 11.6 Å². The molecule has 0 fully saturated rings. The summed E-state index contributed by atoms with van der Waals surface area (Å²) in [5, 5.41) is 0. The zero-order chi connectivity index (χ0) is 10.4. The van der Waals surface area contributed by atoms with Gasteiger partial charge in [-0.3, -0.25) is 4.52 Å². The quantitative estimate of drug-likeness (QED) is 0.319. The van der Waals surface area contributed by atoms with E-state index in [2.05, 4.69) is 4.52 Å². The molecular weight excluding hydrogens is 237 g/mol. The normalized spacial score (nSPS) is 11.8. The second-order valence-corrected chi connectivity index (χ2v) is 3.73. The smallest absolute Gasteiger partial charge is 0.303 e. The Labute approximate surface area is 72.2 Å².